The Kier molecular flexibility index (Phi) is 7.50. The van der Waals surface area contributed by atoms with Gasteiger partial charge in [-0.3, -0.25) is 14.6 Å². The number of thiophene rings is 1. The summed E-state index contributed by atoms with van der Waals surface area (Å²) in [6, 6.07) is 4.82. The predicted molar refractivity (Wildman–Crippen MR) is 118 cm³/mol. The van der Waals surface area contributed by atoms with E-state index in [0.29, 0.717) is 6.04 Å². The number of nitrogens with zero attached hydrogens (tertiary/aromatic N) is 4. The Morgan fingerprint density at radius 2 is 2.04 bits per heavy atom. The summed E-state index contributed by atoms with van der Waals surface area (Å²) >= 11 is 1.85. The van der Waals surface area contributed by atoms with Gasteiger partial charge in [0.2, 0.25) is 0 Å². The van der Waals surface area contributed by atoms with Gasteiger partial charge in [0.15, 0.2) is 5.96 Å². The molecule has 0 radical (unpaired) electrons. The van der Waals surface area contributed by atoms with Crippen LogP contribution in [-0.4, -0.2) is 47.3 Å². The van der Waals surface area contributed by atoms with Crippen molar-refractivity contribution < 1.29 is 0 Å². The molecule has 1 atom stereocenters. The average molecular weight is 403 g/mol. The minimum absolute atomic E-state index is 0.414. The van der Waals surface area contributed by atoms with Gasteiger partial charge in [-0.15, -0.1) is 11.3 Å². The van der Waals surface area contributed by atoms with E-state index in [1.54, 1.807) is 0 Å². The Morgan fingerprint density at radius 3 is 2.64 bits per heavy atom. The van der Waals surface area contributed by atoms with E-state index in [0.717, 1.165) is 31.9 Å². The van der Waals surface area contributed by atoms with Crippen molar-refractivity contribution in [1.82, 2.24) is 25.3 Å². The number of rotatable bonds is 8. The predicted octanol–water partition coefficient (Wildman–Crippen LogP) is 3.11. The van der Waals surface area contributed by atoms with Crippen LogP contribution in [-0.2, 0) is 26.4 Å². The quantitative estimate of drug-likeness (QED) is 0.526. The van der Waals surface area contributed by atoms with Crippen molar-refractivity contribution >= 4 is 17.3 Å². The van der Waals surface area contributed by atoms with Crippen molar-refractivity contribution in [3.63, 3.8) is 0 Å². The van der Waals surface area contributed by atoms with Crippen molar-refractivity contribution in [2.45, 2.75) is 52.1 Å². The van der Waals surface area contributed by atoms with Crippen LogP contribution in [0.2, 0.25) is 0 Å². The highest BCUT2D eigenvalue weighted by atomic mass is 32.1. The summed E-state index contributed by atoms with van der Waals surface area (Å²) in [6.07, 6.45) is 4.54. The van der Waals surface area contributed by atoms with Gasteiger partial charge in [0.25, 0.3) is 0 Å². The first-order valence-corrected chi connectivity index (χ1v) is 11.3. The molecule has 7 heteroatoms. The van der Waals surface area contributed by atoms with Gasteiger partial charge in [-0.1, -0.05) is 19.9 Å². The minimum Gasteiger partial charge on any atom is -0.354 e. The monoisotopic (exact) mass is 402 g/mol. The van der Waals surface area contributed by atoms with Gasteiger partial charge in [0.1, 0.15) is 0 Å². The number of hydrogen-bond acceptors (Lipinski definition) is 4. The molecule has 2 N–H and O–H groups in total. The lowest BCUT2D eigenvalue weighted by molar-refractivity contribution is 0.249. The van der Waals surface area contributed by atoms with Crippen molar-refractivity contribution in [2.75, 3.05) is 26.7 Å². The highest BCUT2D eigenvalue weighted by molar-refractivity contribution is 7.10. The Bertz CT molecular complexity index is 758. The molecule has 2 aromatic rings. The molecule has 1 saturated heterocycles. The van der Waals surface area contributed by atoms with Gasteiger partial charge in [-0.25, -0.2) is 0 Å². The molecule has 1 fully saturated rings. The fourth-order valence-electron chi connectivity index (χ4n) is 4.12. The van der Waals surface area contributed by atoms with Gasteiger partial charge in [-0.2, -0.15) is 5.10 Å². The number of likely N-dealkylation sites (tertiary alicyclic amines) is 1. The molecule has 1 unspecified atom stereocenters. The van der Waals surface area contributed by atoms with Crippen LogP contribution in [0.3, 0.4) is 0 Å². The van der Waals surface area contributed by atoms with Crippen LogP contribution in [0.5, 0.6) is 0 Å². The molecule has 0 saturated carbocycles. The fraction of sp³-hybridized carbons (Fsp3) is 0.619. The van der Waals surface area contributed by atoms with Crippen LogP contribution in [0.1, 0.15) is 54.6 Å². The number of aliphatic imine (C=N–C) groups is 1. The molecule has 0 aliphatic carbocycles. The van der Waals surface area contributed by atoms with Crippen LogP contribution in [0, 0.1) is 0 Å². The zero-order chi connectivity index (χ0) is 19.9. The van der Waals surface area contributed by atoms with Crippen molar-refractivity contribution in [2.24, 2.45) is 12.0 Å². The highest BCUT2D eigenvalue weighted by Gasteiger charge is 2.24. The normalized spacial score (nSPS) is 16.5. The molecule has 0 spiro atoms. The van der Waals surface area contributed by atoms with Crippen LogP contribution in [0.25, 0.3) is 0 Å². The molecule has 154 valence electrons. The summed E-state index contributed by atoms with van der Waals surface area (Å²) in [5.41, 5.74) is 3.79. The van der Waals surface area contributed by atoms with E-state index in [4.69, 9.17) is 0 Å². The second kappa shape index (κ2) is 10.1. The maximum atomic E-state index is 4.68. The third kappa shape index (κ3) is 4.75. The highest BCUT2D eigenvalue weighted by Crippen LogP contribution is 2.27. The van der Waals surface area contributed by atoms with E-state index in [9.17, 15) is 0 Å². The molecular weight excluding hydrogens is 368 g/mol. The molecular formula is C21H34N6S. The third-order valence-electron chi connectivity index (χ3n) is 5.60. The summed E-state index contributed by atoms with van der Waals surface area (Å²) in [7, 11) is 3.88. The van der Waals surface area contributed by atoms with Gasteiger partial charge in [-0.05, 0) is 50.2 Å². The zero-order valence-corrected chi connectivity index (χ0v) is 18.5. The molecule has 3 heterocycles. The molecule has 3 rings (SSSR count). The molecule has 1 aliphatic heterocycles. The standard InChI is InChI=1S/C21H34N6S/c1-5-17-16(18(6-2)26(4)25-17)14-23-21(22-3)24-15-19(20-10-9-13-28-20)27-11-7-8-12-27/h9-10,13,19H,5-8,11-12,14-15H2,1-4H3,(H2,22,23,24). The van der Waals surface area contributed by atoms with Crippen molar-refractivity contribution in [1.29, 1.82) is 0 Å². The van der Waals surface area contributed by atoms with Crippen LogP contribution in [0.4, 0.5) is 0 Å². The number of guanidine groups is 1. The Morgan fingerprint density at radius 1 is 1.25 bits per heavy atom. The maximum absolute atomic E-state index is 4.68. The first-order chi connectivity index (χ1) is 13.7. The van der Waals surface area contributed by atoms with E-state index < -0.39 is 0 Å². The van der Waals surface area contributed by atoms with Crippen LogP contribution in [0.15, 0.2) is 22.5 Å². The fourth-order valence-corrected chi connectivity index (χ4v) is 4.98. The summed E-state index contributed by atoms with van der Waals surface area (Å²) in [6.45, 7) is 8.35. The SMILES string of the molecule is CCc1nn(C)c(CC)c1CNC(=NC)NCC(c1cccs1)N1CCCC1. The van der Waals surface area contributed by atoms with E-state index in [2.05, 4.69) is 57.0 Å². The molecule has 0 aromatic carbocycles. The van der Waals surface area contributed by atoms with Crippen LogP contribution < -0.4 is 10.6 Å². The lowest BCUT2D eigenvalue weighted by Gasteiger charge is -2.27. The van der Waals surface area contributed by atoms with Crippen molar-refractivity contribution in [3.8, 4) is 0 Å². The van der Waals surface area contributed by atoms with E-state index >= 15 is 0 Å². The largest absolute Gasteiger partial charge is 0.354 e. The van der Waals surface area contributed by atoms with Crippen molar-refractivity contribution in [3.05, 3.63) is 39.3 Å². The van der Waals surface area contributed by atoms with E-state index in [-0.39, 0.29) is 0 Å². The number of nitrogens with one attached hydrogen (secondary N) is 2. The first kappa shape index (κ1) is 20.9. The number of hydrogen-bond donors (Lipinski definition) is 2. The molecule has 6 nitrogen and oxygen atoms in total. The van der Waals surface area contributed by atoms with Gasteiger partial charge < -0.3 is 10.6 Å². The van der Waals surface area contributed by atoms with Gasteiger partial charge in [0, 0.05) is 43.3 Å². The summed E-state index contributed by atoms with van der Waals surface area (Å²) in [4.78, 5) is 8.48. The lowest BCUT2D eigenvalue weighted by Crippen LogP contribution is -2.42. The molecule has 2 aromatic heterocycles. The number of aromatic nitrogens is 2. The average Bonchev–Trinajstić information content (AvgIpc) is 3.46. The van der Waals surface area contributed by atoms with E-state index in [1.807, 2.05) is 30.1 Å². The Hall–Kier alpha value is -1.86. The third-order valence-corrected chi connectivity index (χ3v) is 6.57. The van der Waals surface area contributed by atoms with Gasteiger partial charge in [0.05, 0.1) is 11.7 Å². The maximum Gasteiger partial charge on any atom is 0.191 e. The van der Waals surface area contributed by atoms with Crippen LogP contribution >= 0.6 is 11.3 Å². The molecule has 1 aliphatic rings. The number of aryl methyl sites for hydroxylation is 2. The minimum atomic E-state index is 0.414. The second-order valence-electron chi connectivity index (χ2n) is 7.28. The molecule has 0 bridgehead atoms. The molecule has 28 heavy (non-hydrogen) atoms. The Labute approximate surface area is 173 Å². The van der Waals surface area contributed by atoms with E-state index in [1.165, 1.54) is 47.8 Å². The molecule has 0 amide bonds. The summed E-state index contributed by atoms with van der Waals surface area (Å²) in [5, 5.41) is 13.9. The Balaban J connectivity index is 1.63. The summed E-state index contributed by atoms with van der Waals surface area (Å²) in [5.74, 6) is 0.855. The van der Waals surface area contributed by atoms with Gasteiger partial charge >= 0.3 is 0 Å². The second-order valence-corrected chi connectivity index (χ2v) is 8.26. The topological polar surface area (TPSA) is 57.5 Å². The smallest absolute Gasteiger partial charge is 0.191 e. The zero-order valence-electron chi connectivity index (χ0n) is 17.7. The lowest BCUT2D eigenvalue weighted by atomic mass is 10.1. The first-order valence-electron chi connectivity index (χ1n) is 10.4. The summed E-state index contributed by atoms with van der Waals surface area (Å²) < 4.78 is 2.02.